The summed E-state index contributed by atoms with van der Waals surface area (Å²) < 4.78 is 0. The highest BCUT2D eigenvalue weighted by Gasteiger charge is 2.16. The molecule has 0 aliphatic rings. The van der Waals surface area contributed by atoms with Gasteiger partial charge in [-0.25, -0.2) is 0 Å². The minimum atomic E-state index is -0.0911. The van der Waals surface area contributed by atoms with E-state index in [1.54, 1.807) is 0 Å². The minimum absolute atomic E-state index is 0.0911. The number of aryl methyl sites for hydroxylation is 1. The van der Waals surface area contributed by atoms with E-state index in [9.17, 15) is 0 Å². The van der Waals surface area contributed by atoms with Crippen LogP contribution in [0, 0.1) is 6.92 Å². The Bertz CT molecular complexity index is 1010. The summed E-state index contributed by atoms with van der Waals surface area (Å²) in [4.78, 5) is 6.91. The Labute approximate surface area is 188 Å². The maximum absolute atomic E-state index is 4.79. The summed E-state index contributed by atoms with van der Waals surface area (Å²) in [6.45, 7) is 18.3. The normalized spacial score (nSPS) is 13.2. The second-order valence-electron chi connectivity index (χ2n) is 7.93. The fourth-order valence-electron chi connectivity index (χ4n) is 3.35. The van der Waals surface area contributed by atoms with Crippen LogP contribution in [0.2, 0.25) is 0 Å². The molecule has 0 radical (unpaired) electrons. The zero-order valence-electron chi connectivity index (χ0n) is 19.7. The first-order valence-corrected chi connectivity index (χ1v) is 10.6. The molecule has 2 aromatic carbocycles. The van der Waals surface area contributed by atoms with Crippen molar-refractivity contribution in [3.8, 4) is 0 Å². The molecule has 3 nitrogen and oxygen atoms in total. The zero-order valence-corrected chi connectivity index (χ0v) is 19.7. The molecule has 0 spiro atoms. The highest BCUT2D eigenvalue weighted by molar-refractivity contribution is 5.90. The number of hydrogen-bond donors (Lipinski definition) is 1. The van der Waals surface area contributed by atoms with Gasteiger partial charge in [-0.2, -0.15) is 0 Å². The largest absolute Gasteiger partial charge is 0.360 e. The summed E-state index contributed by atoms with van der Waals surface area (Å²) in [6, 6.07) is 14.8. The van der Waals surface area contributed by atoms with Crippen LogP contribution in [0.25, 0.3) is 17.2 Å². The van der Waals surface area contributed by atoms with Crippen molar-refractivity contribution < 1.29 is 0 Å². The van der Waals surface area contributed by atoms with E-state index < -0.39 is 0 Å². The lowest BCUT2D eigenvalue weighted by Crippen LogP contribution is -2.40. The second kappa shape index (κ2) is 11.2. The Kier molecular flexibility index (Phi) is 8.63. The van der Waals surface area contributed by atoms with Gasteiger partial charge in [-0.1, -0.05) is 66.8 Å². The molecule has 2 rings (SSSR count). The molecular formula is C28H35N3. The zero-order chi connectivity index (χ0) is 23.0. The SMILES string of the molecule is C=Cc1cc(NC(C(C)=N/C=C(\C)c2ccc(C)cc2)N(C)/C=C\C)ccc1C(=C)C. The van der Waals surface area contributed by atoms with Crippen molar-refractivity contribution in [2.24, 2.45) is 4.99 Å². The Hall–Kier alpha value is -3.33. The molecule has 3 heteroatoms. The maximum Gasteiger partial charge on any atom is 0.138 e. The number of rotatable bonds is 9. The van der Waals surface area contributed by atoms with E-state index in [1.165, 1.54) is 11.1 Å². The van der Waals surface area contributed by atoms with Crippen LogP contribution in [0.4, 0.5) is 5.69 Å². The molecule has 1 N–H and O–H groups in total. The smallest absolute Gasteiger partial charge is 0.138 e. The van der Waals surface area contributed by atoms with Crippen LogP contribution in [0.15, 0.2) is 79.1 Å². The van der Waals surface area contributed by atoms with Crippen LogP contribution in [-0.4, -0.2) is 23.8 Å². The van der Waals surface area contributed by atoms with Crippen LogP contribution in [-0.2, 0) is 0 Å². The third-order valence-electron chi connectivity index (χ3n) is 5.19. The Balaban J connectivity index is 2.34. The molecule has 0 aliphatic heterocycles. The van der Waals surface area contributed by atoms with Gasteiger partial charge in [0, 0.05) is 18.9 Å². The topological polar surface area (TPSA) is 27.6 Å². The van der Waals surface area contributed by atoms with Gasteiger partial charge in [0.25, 0.3) is 0 Å². The lowest BCUT2D eigenvalue weighted by Gasteiger charge is -2.29. The predicted octanol–water partition coefficient (Wildman–Crippen LogP) is 7.40. The van der Waals surface area contributed by atoms with Gasteiger partial charge in [-0.05, 0) is 75.2 Å². The van der Waals surface area contributed by atoms with Gasteiger partial charge >= 0.3 is 0 Å². The van der Waals surface area contributed by atoms with Gasteiger partial charge < -0.3 is 10.2 Å². The summed E-state index contributed by atoms with van der Waals surface area (Å²) in [5.74, 6) is 0. The average Bonchev–Trinajstić information content (AvgIpc) is 2.75. The molecule has 1 atom stereocenters. The summed E-state index contributed by atoms with van der Waals surface area (Å²) in [7, 11) is 2.05. The van der Waals surface area contributed by atoms with E-state index in [4.69, 9.17) is 4.99 Å². The average molecular weight is 414 g/mol. The second-order valence-corrected chi connectivity index (χ2v) is 7.93. The molecule has 31 heavy (non-hydrogen) atoms. The highest BCUT2D eigenvalue weighted by Crippen LogP contribution is 2.24. The maximum atomic E-state index is 4.79. The number of anilines is 1. The van der Waals surface area contributed by atoms with E-state index in [0.717, 1.165) is 33.7 Å². The highest BCUT2D eigenvalue weighted by atomic mass is 15.2. The van der Waals surface area contributed by atoms with E-state index in [0.29, 0.717) is 0 Å². The van der Waals surface area contributed by atoms with Crippen molar-refractivity contribution in [3.05, 3.63) is 96.4 Å². The fraction of sp³-hybridized carbons (Fsp3) is 0.250. The summed E-state index contributed by atoms with van der Waals surface area (Å²) >= 11 is 0. The summed E-state index contributed by atoms with van der Waals surface area (Å²) in [6.07, 6.45) is 7.79. The van der Waals surface area contributed by atoms with E-state index in [-0.39, 0.29) is 6.17 Å². The Morgan fingerprint density at radius 2 is 1.77 bits per heavy atom. The third-order valence-corrected chi connectivity index (χ3v) is 5.19. The first-order chi connectivity index (χ1) is 14.8. The van der Waals surface area contributed by atoms with Gasteiger partial charge in [0.05, 0.1) is 5.71 Å². The van der Waals surface area contributed by atoms with Gasteiger partial charge in [-0.3, -0.25) is 4.99 Å². The molecular weight excluding hydrogens is 378 g/mol. The van der Waals surface area contributed by atoms with Crippen molar-refractivity contribution in [2.75, 3.05) is 12.4 Å². The van der Waals surface area contributed by atoms with Crippen LogP contribution >= 0.6 is 0 Å². The molecule has 0 bridgehead atoms. The van der Waals surface area contributed by atoms with E-state index in [2.05, 4.69) is 79.7 Å². The molecule has 0 fully saturated rings. The third kappa shape index (κ3) is 6.58. The molecule has 0 saturated heterocycles. The first kappa shape index (κ1) is 23.9. The number of hydrogen-bond acceptors (Lipinski definition) is 3. The van der Waals surface area contributed by atoms with Crippen LogP contribution in [0.3, 0.4) is 0 Å². The quantitative estimate of drug-likeness (QED) is 0.343. The van der Waals surface area contributed by atoms with Crippen LogP contribution in [0.1, 0.15) is 49.9 Å². The molecule has 0 amide bonds. The van der Waals surface area contributed by atoms with E-state index in [1.807, 2.05) is 52.4 Å². The van der Waals surface area contributed by atoms with Crippen LogP contribution < -0.4 is 5.32 Å². The molecule has 0 aromatic heterocycles. The predicted molar refractivity (Wildman–Crippen MR) is 139 cm³/mol. The number of benzene rings is 2. The van der Waals surface area contributed by atoms with Crippen molar-refractivity contribution in [2.45, 2.75) is 40.8 Å². The first-order valence-electron chi connectivity index (χ1n) is 10.6. The molecule has 0 heterocycles. The van der Waals surface area contributed by atoms with Crippen LogP contribution in [0.5, 0.6) is 0 Å². The van der Waals surface area contributed by atoms with Crippen molar-refractivity contribution in [3.63, 3.8) is 0 Å². The Morgan fingerprint density at radius 1 is 1.10 bits per heavy atom. The number of nitrogens with one attached hydrogen (secondary N) is 1. The summed E-state index contributed by atoms with van der Waals surface area (Å²) in [5.41, 5.74) is 8.75. The summed E-state index contributed by atoms with van der Waals surface area (Å²) in [5, 5.41) is 3.61. The van der Waals surface area contributed by atoms with Gasteiger partial charge in [0.1, 0.15) is 6.17 Å². The van der Waals surface area contributed by atoms with Crippen molar-refractivity contribution in [1.29, 1.82) is 0 Å². The van der Waals surface area contributed by atoms with Crippen molar-refractivity contribution >= 4 is 28.6 Å². The number of allylic oxidation sites excluding steroid dienone is 3. The lowest BCUT2D eigenvalue weighted by molar-refractivity contribution is 0.434. The molecule has 162 valence electrons. The van der Waals surface area contributed by atoms with Crippen molar-refractivity contribution in [1.82, 2.24) is 4.90 Å². The van der Waals surface area contributed by atoms with Gasteiger partial charge in [-0.15, -0.1) is 0 Å². The monoisotopic (exact) mass is 413 g/mol. The number of aliphatic imine (C=N–C) groups is 1. The standard InChI is InChI=1S/C28H35N3/c1-9-17-31(8)28(30-26-15-16-27(20(3)4)24(10-2)18-26)23(7)29-19-22(6)25-13-11-21(5)12-14-25/h9-19,28,30H,2-3H2,1,4-8H3/b17-9-,22-19+,29-23?. The minimum Gasteiger partial charge on any atom is -0.360 e. The number of nitrogens with zero attached hydrogens (tertiary/aromatic N) is 2. The van der Waals surface area contributed by atoms with Gasteiger partial charge in [0.15, 0.2) is 0 Å². The molecule has 0 aliphatic carbocycles. The lowest BCUT2D eigenvalue weighted by atomic mass is 10.0. The molecule has 2 aromatic rings. The Morgan fingerprint density at radius 3 is 2.35 bits per heavy atom. The van der Waals surface area contributed by atoms with E-state index >= 15 is 0 Å². The molecule has 1 unspecified atom stereocenters. The van der Waals surface area contributed by atoms with Gasteiger partial charge in [0.2, 0.25) is 0 Å². The fourth-order valence-corrected chi connectivity index (χ4v) is 3.35. The molecule has 0 saturated carbocycles.